The molecule has 314 valence electrons. The minimum absolute atomic E-state index is 0.0222. The van der Waals surface area contributed by atoms with Crippen LogP contribution in [0.5, 0.6) is 0 Å². The van der Waals surface area contributed by atoms with Crippen LogP contribution in [-0.2, 0) is 33.3 Å². The highest BCUT2D eigenvalue weighted by Crippen LogP contribution is 2.75. The molecule has 56 heavy (non-hydrogen) atoms. The number of aliphatic hydroxyl groups excluding tert-OH is 6. The number of rotatable bonds is 6. The van der Waals surface area contributed by atoms with Crippen molar-refractivity contribution in [1.29, 1.82) is 0 Å². The molecule has 5 fully saturated rings. The molecular formula is C42H62O14. The Morgan fingerprint density at radius 3 is 2.20 bits per heavy atom. The van der Waals surface area contributed by atoms with Crippen LogP contribution in [0.3, 0.4) is 0 Å². The van der Waals surface area contributed by atoms with E-state index >= 15 is 0 Å². The van der Waals surface area contributed by atoms with Gasteiger partial charge in [0.2, 0.25) is 12.1 Å². The Kier molecular flexibility index (Phi) is 10.5. The second-order valence-corrected chi connectivity index (χ2v) is 19.4. The molecule has 4 aliphatic carbocycles. The SMILES string of the molecule is CC(C)=CC1CC(C)(O)C2C(CC3(C)C4CC=C5C(C=C(O[C@@H]6O[C@H](CO)[C@@H](O)[C@H](O)[C@H]6O[C@@H]6O[C@@H](C)[C@H](O)[C@@H](O)[C@H]6O)C(=O)C5(C)C)C4(C)C(=O)CC23C)O1. The van der Waals surface area contributed by atoms with Crippen LogP contribution in [0.1, 0.15) is 88.0 Å². The summed E-state index contributed by atoms with van der Waals surface area (Å²) in [6, 6.07) is 0. The Balaban J connectivity index is 1.24. The first-order valence-electron chi connectivity index (χ1n) is 20.1. The lowest BCUT2D eigenvalue weighted by Crippen LogP contribution is -2.65. The molecule has 7 N–H and O–H groups in total. The van der Waals surface area contributed by atoms with Gasteiger partial charge in [-0.2, -0.15) is 0 Å². The van der Waals surface area contributed by atoms with E-state index in [0.717, 1.165) is 11.1 Å². The Labute approximate surface area is 328 Å². The van der Waals surface area contributed by atoms with Gasteiger partial charge in [-0.25, -0.2) is 0 Å². The predicted molar refractivity (Wildman–Crippen MR) is 198 cm³/mol. The molecule has 0 radical (unpaired) electrons. The molecular weight excluding hydrogens is 728 g/mol. The van der Waals surface area contributed by atoms with E-state index in [9.17, 15) is 45.3 Å². The zero-order chi connectivity index (χ0) is 41.2. The predicted octanol–water partition coefficient (Wildman–Crippen LogP) is 1.60. The average molecular weight is 791 g/mol. The zero-order valence-corrected chi connectivity index (χ0v) is 33.9. The monoisotopic (exact) mass is 790 g/mol. The first-order chi connectivity index (χ1) is 25.9. The van der Waals surface area contributed by atoms with Gasteiger partial charge in [0, 0.05) is 30.1 Å². The third-order valence-corrected chi connectivity index (χ3v) is 15.3. The molecule has 14 nitrogen and oxygen atoms in total. The lowest BCUT2D eigenvalue weighted by molar-refractivity contribution is -0.360. The highest BCUT2D eigenvalue weighted by molar-refractivity contribution is 6.02. The van der Waals surface area contributed by atoms with Crippen LogP contribution in [0.25, 0.3) is 0 Å². The van der Waals surface area contributed by atoms with Crippen molar-refractivity contribution in [2.45, 2.75) is 167 Å². The maximum atomic E-state index is 15.0. The summed E-state index contributed by atoms with van der Waals surface area (Å²) in [5.74, 6) is -1.63. The second kappa shape index (κ2) is 14.0. The van der Waals surface area contributed by atoms with E-state index in [1.54, 1.807) is 19.9 Å². The number of hydrogen-bond donors (Lipinski definition) is 7. The van der Waals surface area contributed by atoms with E-state index in [2.05, 4.69) is 26.0 Å². The summed E-state index contributed by atoms with van der Waals surface area (Å²) in [5, 5.41) is 75.6. The van der Waals surface area contributed by atoms with Crippen molar-refractivity contribution in [2.24, 2.45) is 39.4 Å². The van der Waals surface area contributed by atoms with Crippen LogP contribution in [0, 0.1) is 39.4 Å². The minimum atomic E-state index is -1.78. The first-order valence-corrected chi connectivity index (χ1v) is 20.1. The Morgan fingerprint density at radius 1 is 0.875 bits per heavy atom. The van der Waals surface area contributed by atoms with Crippen molar-refractivity contribution in [3.8, 4) is 0 Å². The van der Waals surface area contributed by atoms with E-state index in [4.69, 9.17) is 23.7 Å². The Morgan fingerprint density at radius 2 is 1.55 bits per heavy atom. The lowest BCUT2D eigenvalue weighted by atomic mass is 9.39. The summed E-state index contributed by atoms with van der Waals surface area (Å²) < 4.78 is 30.5. The van der Waals surface area contributed by atoms with Gasteiger partial charge in [0.05, 0.1) is 35.9 Å². The number of hydrogen-bond acceptors (Lipinski definition) is 14. The van der Waals surface area contributed by atoms with Gasteiger partial charge in [-0.3, -0.25) is 9.59 Å². The van der Waals surface area contributed by atoms with Crippen LogP contribution in [0.4, 0.5) is 0 Å². The van der Waals surface area contributed by atoms with Gasteiger partial charge >= 0.3 is 0 Å². The molecule has 14 heteroatoms. The average Bonchev–Trinajstić information content (AvgIpc) is 3.34. The first kappa shape index (κ1) is 42.1. The molecule has 0 aromatic rings. The zero-order valence-electron chi connectivity index (χ0n) is 33.9. The lowest BCUT2D eigenvalue weighted by Gasteiger charge is -2.64. The summed E-state index contributed by atoms with van der Waals surface area (Å²) in [6.45, 7) is 16.5. The molecule has 0 spiro atoms. The molecule has 3 aliphatic heterocycles. The smallest absolute Gasteiger partial charge is 0.229 e. The Hall–Kier alpha value is -2.08. The molecule has 2 saturated carbocycles. The van der Waals surface area contributed by atoms with E-state index < -0.39 is 107 Å². The van der Waals surface area contributed by atoms with E-state index in [0.29, 0.717) is 19.3 Å². The second-order valence-electron chi connectivity index (χ2n) is 19.4. The number of fused-ring (bicyclic) bond motifs is 7. The summed E-state index contributed by atoms with van der Waals surface area (Å²) in [5.41, 5.74) is -2.36. The molecule has 3 saturated heterocycles. The van der Waals surface area contributed by atoms with Crippen LogP contribution < -0.4 is 0 Å². The molecule has 7 aliphatic rings. The third-order valence-electron chi connectivity index (χ3n) is 15.3. The van der Waals surface area contributed by atoms with E-state index in [1.165, 1.54) is 6.92 Å². The highest BCUT2D eigenvalue weighted by Gasteiger charge is 2.75. The fourth-order valence-corrected chi connectivity index (χ4v) is 12.2. The van der Waals surface area contributed by atoms with Gasteiger partial charge in [0.1, 0.15) is 42.4 Å². The van der Waals surface area contributed by atoms with Gasteiger partial charge < -0.3 is 59.4 Å². The summed E-state index contributed by atoms with van der Waals surface area (Å²) in [4.78, 5) is 29.4. The van der Waals surface area contributed by atoms with Gasteiger partial charge in [-0.05, 0) is 77.2 Å². The van der Waals surface area contributed by atoms with Crippen molar-refractivity contribution in [3.05, 3.63) is 35.1 Å². The molecule has 7 rings (SSSR count). The number of ether oxygens (including phenoxy) is 5. The number of carbonyl (C=O) groups excluding carboxylic acids is 2. The number of carbonyl (C=O) groups is 2. The van der Waals surface area contributed by atoms with Crippen molar-refractivity contribution < 1.29 is 69.0 Å². The molecule has 9 unspecified atom stereocenters. The molecule has 19 atom stereocenters. The number of Topliss-reactive ketones (excluding diaryl/α,β-unsaturated/α-hetero) is 2. The maximum Gasteiger partial charge on any atom is 0.229 e. The molecule has 0 aromatic carbocycles. The molecule has 0 aromatic heterocycles. The topological polar surface area (TPSA) is 222 Å². The molecule has 0 amide bonds. The largest absolute Gasteiger partial charge is 0.459 e. The van der Waals surface area contributed by atoms with Crippen LogP contribution in [0.15, 0.2) is 35.1 Å². The third kappa shape index (κ3) is 6.07. The van der Waals surface area contributed by atoms with Crippen molar-refractivity contribution in [1.82, 2.24) is 0 Å². The summed E-state index contributed by atoms with van der Waals surface area (Å²) in [7, 11) is 0. The maximum absolute atomic E-state index is 15.0. The number of ketones is 2. The number of aliphatic hydroxyl groups is 7. The van der Waals surface area contributed by atoms with Crippen LogP contribution in [-0.4, -0.2) is 133 Å². The molecule has 3 heterocycles. The quantitative estimate of drug-likeness (QED) is 0.190. The summed E-state index contributed by atoms with van der Waals surface area (Å²) in [6.07, 6.45) is -8.40. The normalized spacial score (nSPS) is 52.5. The van der Waals surface area contributed by atoms with Crippen LogP contribution >= 0.6 is 0 Å². The van der Waals surface area contributed by atoms with Gasteiger partial charge in [0.15, 0.2) is 18.2 Å². The van der Waals surface area contributed by atoms with E-state index in [1.807, 2.05) is 27.7 Å². The summed E-state index contributed by atoms with van der Waals surface area (Å²) >= 11 is 0. The fourth-order valence-electron chi connectivity index (χ4n) is 12.2. The van der Waals surface area contributed by atoms with Gasteiger partial charge in [-0.15, -0.1) is 0 Å². The van der Waals surface area contributed by atoms with Crippen molar-refractivity contribution in [3.63, 3.8) is 0 Å². The minimum Gasteiger partial charge on any atom is -0.459 e. The number of allylic oxidation sites excluding steroid dienone is 5. The standard InChI is InChI=1S/C42H62O14/c1-18(2)12-20-14-41(8,51)34-24(53-20)15-39(6)26-11-10-21-22(42(26,9)27(44)16-40(34,39)7)13-23(35(50)38(21,4)5)54-37-33(31(48)29(46)25(17-43)55-37)56-36-32(49)30(47)28(45)19(3)52-36/h10,12-13,19-20,22,24-26,28-34,36-37,43,45-49,51H,11,14-17H2,1-9H3/t19-,20?,22?,24?,25+,26?,28-,29+,30+,31-,32+,33+,34?,36-,37+,39?,40?,41?,42?/m0/s1. The van der Waals surface area contributed by atoms with Gasteiger partial charge in [-0.1, -0.05) is 44.1 Å². The van der Waals surface area contributed by atoms with Crippen molar-refractivity contribution in [2.75, 3.05) is 6.61 Å². The molecule has 0 bridgehead atoms. The van der Waals surface area contributed by atoms with E-state index in [-0.39, 0.29) is 42.0 Å². The highest BCUT2D eigenvalue weighted by atomic mass is 16.8. The Bertz CT molecular complexity index is 1680. The van der Waals surface area contributed by atoms with Gasteiger partial charge in [0.25, 0.3) is 0 Å². The van der Waals surface area contributed by atoms with Crippen molar-refractivity contribution >= 4 is 11.6 Å². The van der Waals surface area contributed by atoms with Crippen LogP contribution in [0.2, 0.25) is 0 Å². The fraction of sp³-hybridized carbons (Fsp3) is 0.810.